The van der Waals surface area contributed by atoms with E-state index in [9.17, 15) is 13.2 Å². The summed E-state index contributed by atoms with van der Waals surface area (Å²) in [5, 5.41) is 3.50. The SMILES string of the molecule is CN(C)S(=O)(=O)c1ccc(CNC(=O)c2sc(-c3ccco3)nc2-c2ccccc2)s1. The molecule has 0 spiro atoms. The highest BCUT2D eigenvalue weighted by Crippen LogP contribution is 2.34. The molecule has 3 heterocycles. The maximum absolute atomic E-state index is 13.0. The molecule has 10 heteroatoms. The zero-order valence-electron chi connectivity index (χ0n) is 16.7. The Kier molecular flexibility index (Phi) is 6.05. The molecule has 0 fully saturated rings. The van der Waals surface area contributed by atoms with Gasteiger partial charge in [0, 0.05) is 24.5 Å². The van der Waals surface area contributed by atoms with Crippen molar-refractivity contribution in [3.8, 4) is 22.0 Å². The van der Waals surface area contributed by atoms with E-state index in [4.69, 9.17) is 4.42 Å². The number of carbonyl (C=O) groups is 1. The predicted octanol–water partition coefficient (Wildman–Crippen LogP) is 4.31. The second-order valence-corrected chi connectivity index (χ2v) is 11.3. The van der Waals surface area contributed by atoms with E-state index in [1.54, 1.807) is 30.5 Å². The van der Waals surface area contributed by atoms with Crippen LogP contribution in [0.1, 0.15) is 14.5 Å². The summed E-state index contributed by atoms with van der Waals surface area (Å²) in [5.41, 5.74) is 1.41. The first-order valence-electron chi connectivity index (χ1n) is 9.26. The topological polar surface area (TPSA) is 92.5 Å². The van der Waals surface area contributed by atoms with Crippen LogP contribution in [0.5, 0.6) is 0 Å². The van der Waals surface area contributed by atoms with Crippen molar-refractivity contribution < 1.29 is 17.6 Å². The van der Waals surface area contributed by atoms with Crippen molar-refractivity contribution in [2.45, 2.75) is 10.8 Å². The van der Waals surface area contributed by atoms with E-state index in [2.05, 4.69) is 10.3 Å². The number of furan rings is 1. The number of carbonyl (C=O) groups excluding carboxylic acids is 1. The highest BCUT2D eigenvalue weighted by molar-refractivity contribution is 7.91. The van der Waals surface area contributed by atoms with Gasteiger partial charge in [0.15, 0.2) is 10.8 Å². The normalized spacial score (nSPS) is 11.7. The lowest BCUT2D eigenvalue weighted by Crippen LogP contribution is -2.22. The zero-order chi connectivity index (χ0) is 22.0. The van der Waals surface area contributed by atoms with Gasteiger partial charge in [-0.2, -0.15) is 0 Å². The first-order chi connectivity index (χ1) is 14.9. The van der Waals surface area contributed by atoms with Crippen LogP contribution in [-0.4, -0.2) is 37.7 Å². The molecule has 0 aliphatic carbocycles. The number of benzene rings is 1. The summed E-state index contributed by atoms with van der Waals surface area (Å²) in [4.78, 5) is 18.9. The van der Waals surface area contributed by atoms with Crippen molar-refractivity contribution in [1.82, 2.24) is 14.6 Å². The average Bonchev–Trinajstić information content (AvgIpc) is 3.53. The van der Waals surface area contributed by atoms with Crippen molar-refractivity contribution in [2.24, 2.45) is 0 Å². The van der Waals surface area contributed by atoms with E-state index >= 15 is 0 Å². The maximum atomic E-state index is 13.0. The molecule has 0 unspecified atom stereocenters. The zero-order valence-corrected chi connectivity index (χ0v) is 19.2. The number of thiazole rings is 1. The fraction of sp³-hybridized carbons (Fsp3) is 0.143. The summed E-state index contributed by atoms with van der Waals surface area (Å²) in [6.45, 7) is 0.217. The van der Waals surface area contributed by atoms with E-state index in [1.165, 1.54) is 29.7 Å². The monoisotopic (exact) mass is 473 g/mol. The Bertz CT molecular complexity index is 1290. The van der Waals surface area contributed by atoms with Crippen LogP contribution < -0.4 is 5.32 Å². The summed E-state index contributed by atoms with van der Waals surface area (Å²) in [5.74, 6) is 0.317. The molecule has 0 saturated carbocycles. The Morgan fingerprint density at radius 1 is 1.06 bits per heavy atom. The van der Waals surface area contributed by atoms with Crippen LogP contribution in [0.2, 0.25) is 0 Å². The standard InChI is InChI=1S/C21H19N3O4S3/c1-24(2)31(26,27)17-11-10-15(29-17)13-22-20(25)19-18(14-7-4-3-5-8-14)23-21(30-19)16-9-6-12-28-16/h3-12H,13H2,1-2H3,(H,22,25). The van der Waals surface area contributed by atoms with Gasteiger partial charge < -0.3 is 9.73 Å². The van der Waals surface area contributed by atoms with Crippen molar-refractivity contribution in [3.05, 3.63) is 70.6 Å². The van der Waals surface area contributed by atoms with Gasteiger partial charge in [0.05, 0.1) is 18.5 Å². The van der Waals surface area contributed by atoms with E-state index in [-0.39, 0.29) is 16.7 Å². The first kappa shape index (κ1) is 21.4. The summed E-state index contributed by atoms with van der Waals surface area (Å²) in [6, 6.07) is 16.3. The molecule has 0 atom stereocenters. The van der Waals surface area contributed by atoms with Gasteiger partial charge in [0.25, 0.3) is 15.9 Å². The first-order valence-corrected chi connectivity index (χ1v) is 12.3. The molecular weight excluding hydrogens is 454 g/mol. The van der Waals surface area contributed by atoms with Gasteiger partial charge in [-0.1, -0.05) is 30.3 Å². The van der Waals surface area contributed by atoms with E-state index in [1.807, 2.05) is 30.3 Å². The number of aromatic nitrogens is 1. The lowest BCUT2D eigenvalue weighted by molar-refractivity contribution is 0.0955. The number of hydrogen-bond donors (Lipinski definition) is 1. The minimum atomic E-state index is -3.49. The third kappa shape index (κ3) is 4.47. The third-order valence-corrected chi connectivity index (χ3v) is 8.84. The molecule has 0 aliphatic heterocycles. The van der Waals surface area contributed by atoms with Crippen LogP contribution in [-0.2, 0) is 16.6 Å². The molecule has 4 rings (SSSR count). The Balaban J connectivity index is 1.58. The fourth-order valence-corrected chi connectivity index (χ4v) is 6.23. The Labute approximate surface area is 188 Å². The quantitative estimate of drug-likeness (QED) is 0.432. The molecule has 0 bridgehead atoms. The largest absolute Gasteiger partial charge is 0.462 e. The van der Waals surface area contributed by atoms with Gasteiger partial charge in [-0.15, -0.1) is 22.7 Å². The molecular formula is C21H19N3O4S3. The Morgan fingerprint density at radius 3 is 2.52 bits per heavy atom. The van der Waals surface area contributed by atoms with Crippen LogP contribution in [0, 0.1) is 0 Å². The Hall–Kier alpha value is -2.79. The van der Waals surface area contributed by atoms with Crippen LogP contribution in [0.15, 0.2) is 69.5 Å². The summed E-state index contributed by atoms with van der Waals surface area (Å²) < 4.78 is 31.4. The van der Waals surface area contributed by atoms with Crippen molar-refractivity contribution in [1.29, 1.82) is 0 Å². The summed E-state index contributed by atoms with van der Waals surface area (Å²) in [6.07, 6.45) is 1.56. The number of thiophene rings is 1. The highest BCUT2D eigenvalue weighted by atomic mass is 32.2. The predicted molar refractivity (Wildman–Crippen MR) is 122 cm³/mol. The van der Waals surface area contributed by atoms with Gasteiger partial charge >= 0.3 is 0 Å². The molecule has 31 heavy (non-hydrogen) atoms. The summed E-state index contributed by atoms with van der Waals surface area (Å²) >= 11 is 2.39. The van der Waals surface area contributed by atoms with E-state index in [0.29, 0.717) is 21.3 Å². The number of sulfonamides is 1. The molecule has 1 aromatic carbocycles. The van der Waals surface area contributed by atoms with E-state index < -0.39 is 10.0 Å². The van der Waals surface area contributed by atoms with Gasteiger partial charge in [0.1, 0.15) is 9.09 Å². The van der Waals surface area contributed by atoms with E-state index in [0.717, 1.165) is 21.8 Å². The summed E-state index contributed by atoms with van der Waals surface area (Å²) in [7, 11) is -0.514. The van der Waals surface area contributed by atoms with Crippen molar-refractivity contribution >= 4 is 38.6 Å². The fourth-order valence-electron chi connectivity index (χ4n) is 2.79. The van der Waals surface area contributed by atoms with Gasteiger partial charge in [-0.05, 0) is 24.3 Å². The molecule has 1 N–H and O–H groups in total. The second kappa shape index (κ2) is 8.75. The van der Waals surface area contributed by atoms with Crippen LogP contribution in [0.4, 0.5) is 0 Å². The van der Waals surface area contributed by atoms with Gasteiger partial charge in [-0.3, -0.25) is 4.79 Å². The number of nitrogens with one attached hydrogen (secondary N) is 1. The third-order valence-electron chi connectivity index (χ3n) is 4.41. The van der Waals surface area contributed by atoms with Gasteiger partial charge in [0.2, 0.25) is 0 Å². The lowest BCUT2D eigenvalue weighted by atomic mass is 10.1. The smallest absolute Gasteiger partial charge is 0.263 e. The second-order valence-electron chi connectivity index (χ2n) is 6.73. The Morgan fingerprint density at radius 2 is 1.84 bits per heavy atom. The molecule has 0 radical (unpaired) electrons. The van der Waals surface area contributed by atoms with Crippen molar-refractivity contribution in [3.63, 3.8) is 0 Å². The molecule has 0 aliphatic rings. The molecule has 3 aromatic heterocycles. The van der Waals surface area contributed by atoms with Crippen LogP contribution in [0.3, 0.4) is 0 Å². The van der Waals surface area contributed by atoms with Crippen LogP contribution in [0.25, 0.3) is 22.0 Å². The number of rotatable bonds is 7. The molecule has 160 valence electrons. The van der Waals surface area contributed by atoms with Gasteiger partial charge in [-0.25, -0.2) is 17.7 Å². The van der Waals surface area contributed by atoms with Crippen molar-refractivity contribution in [2.75, 3.05) is 14.1 Å². The average molecular weight is 474 g/mol. The minimum Gasteiger partial charge on any atom is -0.462 e. The minimum absolute atomic E-state index is 0.217. The van der Waals surface area contributed by atoms with Crippen LogP contribution >= 0.6 is 22.7 Å². The molecule has 7 nitrogen and oxygen atoms in total. The number of amides is 1. The lowest BCUT2D eigenvalue weighted by Gasteiger charge is -2.08. The maximum Gasteiger partial charge on any atom is 0.263 e. The molecule has 0 saturated heterocycles. The number of hydrogen-bond acceptors (Lipinski definition) is 7. The highest BCUT2D eigenvalue weighted by Gasteiger charge is 2.22. The molecule has 1 amide bonds. The number of nitrogens with zero attached hydrogens (tertiary/aromatic N) is 2. The molecule has 4 aromatic rings.